The predicted octanol–water partition coefficient (Wildman–Crippen LogP) is 2.08. The molecule has 7 nitrogen and oxygen atoms in total. The fourth-order valence-electron chi connectivity index (χ4n) is 1.99. The average Bonchev–Trinajstić information content (AvgIpc) is 2.99. The van der Waals surface area contributed by atoms with Crippen molar-refractivity contribution in [2.75, 3.05) is 0 Å². The third-order valence-electron chi connectivity index (χ3n) is 3.24. The Balaban J connectivity index is 2.03. The summed E-state index contributed by atoms with van der Waals surface area (Å²) in [6, 6.07) is 3.94. The number of nitrogens with one attached hydrogen (secondary N) is 1. The lowest BCUT2D eigenvalue weighted by molar-refractivity contribution is -0.121. The van der Waals surface area contributed by atoms with Gasteiger partial charge in [-0.25, -0.2) is 4.68 Å². The zero-order chi connectivity index (χ0) is 16.8. The van der Waals surface area contributed by atoms with Crippen LogP contribution in [0.2, 0.25) is 0 Å². The second-order valence-electron chi connectivity index (χ2n) is 5.86. The molecule has 0 aromatic carbocycles. The van der Waals surface area contributed by atoms with E-state index in [4.69, 9.17) is 0 Å². The van der Waals surface area contributed by atoms with Crippen molar-refractivity contribution >= 4 is 17.7 Å². The lowest BCUT2D eigenvalue weighted by Crippen LogP contribution is -2.35. The van der Waals surface area contributed by atoms with Gasteiger partial charge in [-0.1, -0.05) is 31.7 Å². The molecular weight excluding hydrogens is 312 g/mol. The number of hydrogen-bond acceptors (Lipinski definition) is 6. The summed E-state index contributed by atoms with van der Waals surface area (Å²) < 4.78 is 1.73. The molecule has 23 heavy (non-hydrogen) atoms. The van der Waals surface area contributed by atoms with Gasteiger partial charge in [0.15, 0.2) is 0 Å². The molecule has 0 bridgehead atoms. The van der Waals surface area contributed by atoms with Crippen molar-refractivity contribution in [1.82, 2.24) is 30.5 Å². The molecule has 0 aliphatic rings. The van der Waals surface area contributed by atoms with E-state index in [2.05, 4.69) is 25.8 Å². The zero-order valence-corrected chi connectivity index (χ0v) is 14.6. The Kier molecular flexibility index (Phi) is 6.09. The van der Waals surface area contributed by atoms with Crippen molar-refractivity contribution in [2.45, 2.75) is 50.7 Å². The van der Waals surface area contributed by atoms with E-state index in [0.717, 1.165) is 5.56 Å². The third-order valence-corrected chi connectivity index (χ3v) is 4.73. The first-order valence-corrected chi connectivity index (χ1v) is 8.48. The summed E-state index contributed by atoms with van der Waals surface area (Å²) in [6.07, 6.45) is 3.46. The van der Waals surface area contributed by atoms with E-state index < -0.39 is 0 Å². The number of tetrazole rings is 1. The number of pyridine rings is 1. The summed E-state index contributed by atoms with van der Waals surface area (Å²) in [6.45, 7) is 8.52. The summed E-state index contributed by atoms with van der Waals surface area (Å²) in [5, 5.41) is 15.1. The number of hydrogen-bond donors (Lipinski definition) is 1. The van der Waals surface area contributed by atoms with Crippen molar-refractivity contribution in [3.05, 3.63) is 30.1 Å². The summed E-state index contributed by atoms with van der Waals surface area (Å²) in [5.41, 5.74) is 0.973. The normalized spacial score (nSPS) is 12.6. The summed E-state index contributed by atoms with van der Waals surface area (Å²) >= 11 is 1.40. The highest BCUT2D eigenvalue weighted by molar-refractivity contribution is 8.00. The van der Waals surface area contributed by atoms with Crippen LogP contribution in [0.15, 0.2) is 29.7 Å². The van der Waals surface area contributed by atoms with Gasteiger partial charge in [0.2, 0.25) is 11.1 Å². The highest BCUT2D eigenvalue weighted by Gasteiger charge is 2.26. The van der Waals surface area contributed by atoms with E-state index in [1.165, 1.54) is 11.8 Å². The van der Waals surface area contributed by atoms with E-state index >= 15 is 0 Å². The highest BCUT2D eigenvalue weighted by atomic mass is 32.2. The smallest absolute Gasteiger partial charge is 0.234 e. The van der Waals surface area contributed by atoms with E-state index in [9.17, 15) is 4.79 Å². The Bertz CT molecular complexity index is 628. The molecule has 1 amide bonds. The summed E-state index contributed by atoms with van der Waals surface area (Å²) in [7, 11) is 0. The largest absolute Gasteiger partial charge is 0.351 e. The van der Waals surface area contributed by atoms with Crippen molar-refractivity contribution in [3.8, 4) is 0 Å². The standard InChI is InChI=1S/C15H22N6OS/c1-10(2)13(23-15-18-19-20-21(15)11(3)4)14(22)17-9-12-6-5-7-16-8-12/h5-8,10-11,13H,9H2,1-4H3,(H,17,22)/t13-/m0/s1. The van der Waals surface area contributed by atoms with Crippen LogP contribution in [0.25, 0.3) is 0 Å². The van der Waals surface area contributed by atoms with Gasteiger partial charge in [0.05, 0.1) is 11.3 Å². The minimum Gasteiger partial charge on any atom is -0.351 e. The van der Waals surface area contributed by atoms with Crippen LogP contribution in [-0.4, -0.2) is 36.3 Å². The Morgan fingerprint density at radius 2 is 2.13 bits per heavy atom. The molecule has 0 fully saturated rings. The van der Waals surface area contributed by atoms with Crippen LogP contribution in [0.5, 0.6) is 0 Å². The van der Waals surface area contributed by atoms with E-state index in [1.807, 2.05) is 39.8 Å². The molecule has 0 saturated carbocycles. The molecule has 1 atom stereocenters. The average molecular weight is 334 g/mol. The Morgan fingerprint density at radius 3 is 2.74 bits per heavy atom. The van der Waals surface area contributed by atoms with Gasteiger partial charge in [0, 0.05) is 18.9 Å². The fourth-order valence-corrected chi connectivity index (χ4v) is 3.11. The number of thioether (sulfide) groups is 1. The maximum absolute atomic E-state index is 12.5. The van der Waals surface area contributed by atoms with Crippen molar-refractivity contribution < 1.29 is 4.79 Å². The first-order valence-electron chi connectivity index (χ1n) is 7.60. The maximum Gasteiger partial charge on any atom is 0.234 e. The maximum atomic E-state index is 12.5. The molecule has 0 radical (unpaired) electrons. The first-order chi connectivity index (χ1) is 11.0. The SMILES string of the molecule is CC(C)[C@H](Sc1nnnn1C(C)C)C(=O)NCc1cccnc1. The molecule has 1 N–H and O–H groups in total. The molecule has 124 valence electrons. The number of nitrogens with zero attached hydrogens (tertiary/aromatic N) is 5. The second-order valence-corrected chi connectivity index (χ2v) is 6.97. The molecule has 2 rings (SSSR count). The number of aromatic nitrogens is 5. The lowest BCUT2D eigenvalue weighted by atomic mass is 10.1. The molecular formula is C15H22N6OS. The fraction of sp³-hybridized carbons (Fsp3) is 0.533. The van der Waals surface area contributed by atoms with Gasteiger partial charge in [-0.15, -0.1) is 5.10 Å². The van der Waals surface area contributed by atoms with Gasteiger partial charge in [0.1, 0.15) is 0 Å². The van der Waals surface area contributed by atoms with Gasteiger partial charge in [-0.05, 0) is 41.8 Å². The lowest BCUT2D eigenvalue weighted by Gasteiger charge is -2.19. The Labute approximate surface area is 140 Å². The molecule has 0 aliphatic carbocycles. The molecule has 2 aromatic rings. The topological polar surface area (TPSA) is 85.6 Å². The minimum absolute atomic E-state index is 0.0211. The van der Waals surface area contributed by atoms with Gasteiger partial charge in [0.25, 0.3) is 0 Å². The molecule has 0 unspecified atom stereocenters. The van der Waals surface area contributed by atoms with Gasteiger partial charge < -0.3 is 5.32 Å². The van der Waals surface area contributed by atoms with E-state index in [-0.39, 0.29) is 23.1 Å². The summed E-state index contributed by atoms with van der Waals surface area (Å²) in [4.78, 5) is 16.6. The number of carbonyl (C=O) groups excluding carboxylic acids is 1. The number of rotatable bonds is 7. The number of amides is 1. The minimum atomic E-state index is -0.254. The second kappa shape index (κ2) is 8.05. The Hall–Kier alpha value is -1.96. The van der Waals surface area contributed by atoms with Crippen LogP contribution in [0, 0.1) is 5.92 Å². The molecule has 0 spiro atoms. The van der Waals surface area contributed by atoms with Crippen molar-refractivity contribution in [1.29, 1.82) is 0 Å². The quantitative estimate of drug-likeness (QED) is 0.780. The molecule has 2 heterocycles. The molecule has 2 aromatic heterocycles. The highest BCUT2D eigenvalue weighted by Crippen LogP contribution is 2.27. The van der Waals surface area contributed by atoms with Crippen LogP contribution >= 0.6 is 11.8 Å². The van der Waals surface area contributed by atoms with Crippen LogP contribution in [-0.2, 0) is 11.3 Å². The van der Waals surface area contributed by atoms with Crippen molar-refractivity contribution in [3.63, 3.8) is 0 Å². The summed E-state index contributed by atoms with van der Waals surface area (Å²) in [5.74, 6) is 0.137. The number of carbonyl (C=O) groups is 1. The van der Waals surface area contributed by atoms with Crippen LogP contribution in [0.4, 0.5) is 0 Å². The van der Waals surface area contributed by atoms with E-state index in [0.29, 0.717) is 11.7 Å². The van der Waals surface area contributed by atoms with Crippen molar-refractivity contribution in [2.24, 2.45) is 5.92 Å². The predicted molar refractivity (Wildman–Crippen MR) is 88.8 cm³/mol. The molecule has 0 aliphatic heterocycles. The first kappa shape index (κ1) is 17.4. The Morgan fingerprint density at radius 1 is 1.35 bits per heavy atom. The monoisotopic (exact) mass is 334 g/mol. The van der Waals surface area contributed by atoms with E-state index in [1.54, 1.807) is 17.1 Å². The van der Waals surface area contributed by atoms with Crippen LogP contribution in [0.1, 0.15) is 39.3 Å². The van der Waals surface area contributed by atoms with Crippen LogP contribution < -0.4 is 5.32 Å². The zero-order valence-electron chi connectivity index (χ0n) is 13.8. The molecule has 0 saturated heterocycles. The van der Waals surface area contributed by atoms with Crippen LogP contribution in [0.3, 0.4) is 0 Å². The third kappa shape index (κ3) is 4.75. The van der Waals surface area contributed by atoms with Gasteiger partial charge in [-0.2, -0.15) is 0 Å². The molecule has 8 heteroatoms. The van der Waals surface area contributed by atoms with Gasteiger partial charge in [-0.3, -0.25) is 9.78 Å². The van der Waals surface area contributed by atoms with Gasteiger partial charge >= 0.3 is 0 Å².